The molecule has 0 spiro atoms. The molecule has 0 aromatic heterocycles. The third-order valence-electron chi connectivity index (χ3n) is 4.42. The van der Waals surface area contributed by atoms with Crippen molar-refractivity contribution in [2.75, 3.05) is 13.1 Å². The minimum absolute atomic E-state index is 0.266. The largest absolute Gasteiger partial charge is 0.480 e. The number of carbonyl (C=O) groups is 1. The van der Waals surface area contributed by atoms with Crippen LogP contribution < -0.4 is 0 Å². The topological polar surface area (TPSA) is 40.5 Å². The Morgan fingerprint density at radius 1 is 1.19 bits per heavy atom. The average molecular weight is 283 g/mol. The van der Waals surface area contributed by atoms with E-state index in [1.54, 1.807) is 0 Å². The molecule has 0 bridgehead atoms. The van der Waals surface area contributed by atoms with E-state index in [2.05, 4.69) is 47.4 Å². The summed E-state index contributed by atoms with van der Waals surface area (Å²) in [6.45, 7) is 1.80. The molecule has 0 radical (unpaired) electrons. The second kappa shape index (κ2) is 6.27. The lowest BCUT2D eigenvalue weighted by atomic mass is 10.0. The Kier molecular flexibility index (Phi) is 4.20. The van der Waals surface area contributed by atoms with E-state index in [4.69, 9.17) is 0 Å². The number of likely N-dealkylation sites (tertiary alicyclic amines) is 1. The quantitative estimate of drug-likeness (QED) is 0.915. The molecule has 1 fully saturated rings. The van der Waals surface area contributed by atoms with Crippen LogP contribution in [0.5, 0.6) is 0 Å². The zero-order valence-corrected chi connectivity index (χ0v) is 12.2. The van der Waals surface area contributed by atoms with Crippen LogP contribution in [0.1, 0.15) is 24.8 Å². The molecular formula is C18H21NO2. The Hall–Kier alpha value is -1.87. The van der Waals surface area contributed by atoms with Crippen molar-refractivity contribution in [3.8, 4) is 0 Å². The molecule has 1 aliphatic heterocycles. The number of aliphatic carboxylic acids is 1. The highest BCUT2D eigenvalue weighted by Gasteiger charge is 2.29. The summed E-state index contributed by atoms with van der Waals surface area (Å²) in [6, 6.07) is 14.6. The van der Waals surface area contributed by atoms with E-state index in [9.17, 15) is 9.90 Å². The normalized spacial score (nSPS) is 19.1. The van der Waals surface area contributed by atoms with Crippen molar-refractivity contribution in [3.63, 3.8) is 0 Å². The molecule has 1 aliphatic rings. The number of hydrogen-bond acceptors (Lipinski definition) is 2. The maximum absolute atomic E-state index is 11.2. The van der Waals surface area contributed by atoms with Gasteiger partial charge in [-0.2, -0.15) is 0 Å². The second-order valence-corrected chi connectivity index (χ2v) is 5.77. The highest BCUT2D eigenvalue weighted by molar-refractivity contribution is 5.85. The smallest absolute Gasteiger partial charge is 0.320 e. The van der Waals surface area contributed by atoms with E-state index in [1.807, 2.05) is 0 Å². The maximum atomic E-state index is 11.2. The van der Waals surface area contributed by atoms with E-state index < -0.39 is 5.97 Å². The van der Waals surface area contributed by atoms with Crippen LogP contribution in [0.25, 0.3) is 10.8 Å². The monoisotopic (exact) mass is 283 g/mol. The fourth-order valence-corrected chi connectivity index (χ4v) is 3.36. The number of hydrogen-bond donors (Lipinski definition) is 1. The Balaban J connectivity index is 1.63. The summed E-state index contributed by atoms with van der Waals surface area (Å²) < 4.78 is 0. The Morgan fingerprint density at radius 2 is 2.00 bits per heavy atom. The maximum Gasteiger partial charge on any atom is 0.320 e. The molecule has 1 saturated heterocycles. The molecule has 1 heterocycles. The van der Waals surface area contributed by atoms with Gasteiger partial charge in [-0.1, -0.05) is 42.5 Å². The third kappa shape index (κ3) is 3.08. The van der Waals surface area contributed by atoms with Crippen molar-refractivity contribution >= 4 is 16.7 Å². The van der Waals surface area contributed by atoms with E-state index in [-0.39, 0.29) is 6.04 Å². The van der Waals surface area contributed by atoms with Gasteiger partial charge in [0.05, 0.1) is 0 Å². The van der Waals surface area contributed by atoms with Crippen LogP contribution in [0.2, 0.25) is 0 Å². The molecule has 3 nitrogen and oxygen atoms in total. The van der Waals surface area contributed by atoms with Gasteiger partial charge in [0, 0.05) is 0 Å². The summed E-state index contributed by atoms with van der Waals surface area (Å²) >= 11 is 0. The van der Waals surface area contributed by atoms with Crippen LogP contribution in [-0.2, 0) is 11.2 Å². The Bertz CT molecular complexity index is 633. The number of carboxylic acid groups (broad SMARTS) is 1. The number of benzene rings is 2. The van der Waals surface area contributed by atoms with E-state index in [0.717, 1.165) is 38.8 Å². The van der Waals surface area contributed by atoms with Crippen LogP contribution in [0.3, 0.4) is 0 Å². The van der Waals surface area contributed by atoms with Gasteiger partial charge in [0.1, 0.15) is 6.04 Å². The summed E-state index contributed by atoms with van der Waals surface area (Å²) in [5, 5.41) is 11.8. The van der Waals surface area contributed by atoms with Crippen molar-refractivity contribution in [1.29, 1.82) is 0 Å². The zero-order valence-electron chi connectivity index (χ0n) is 12.2. The Morgan fingerprint density at radius 3 is 2.86 bits per heavy atom. The minimum atomic E-state index is -0.669. The van der Waals surface area contributed by atoms with Crippen molar-refractivity contribution in [3.05, 3.63) is 48.0 Å². The van der Waals surface area contributed by atoms with Gasteiger partial charge in [0.15, 0.2) is 0 Å². The first-order valence-corrected chi connectivity index (χ1v) is 7.69. The predicted octanol–water partition coefficient (Wildman–Crippen LogP) is 3.32. The van der Waals surface area contributed by atoms with E-state index in [1.165, 1.54) is 16.3 Å². The summed E-state index contributed by atoms with van der Waals surface area (Å²) in [5.74, 6) is -0.669. The van der Waals surface area contributed by atoms with E-state index in [0.29, 0.717) is 0 Å². The van der Waals surface area contributed by atoms with Crippen LogP contribution in [0, 0.1) is 0 Å². The lowest BCUT2D eigenvalue weighted by Crippen LogP contribution is -2.36. The lowest BCUT2D eigenvalue weighted by molar-refractivity contribution is -0.142. The number of carboxylic acids is 1. The molecule has 21 heavy (non-hydrogen) atoms. The lowest BCUT2D eigenvalue weighted by Gasteiger charge is -2.20. The molecule has 1 atom stereocenters. The molecule has 1 N–H and O–H groups in total. The summed E-state index contributed by atoms with van der Waals surface area (Å²) in [6.07, 6.45) is 3.82. The molecular weight excluding hydrogens is 262 g/mol. The second-order valence-electron chi connectivity index (χ2n) is 5.77. The fourth-order valence-electron chi connectivity index (χ4n) is 3.36. The first kappa shape index (κ1) is 14.1. The molecule has 1 unspecified atom stereocenters. The molecule has 0 saturated carbocycles. The van der Waals surface area contributed by atoms with Gasteiger partial charge in [0.2, 0.25) is 0 Å². The summed E-state index contributed by atoms with van der Waals surface area (Å²) in [4.78, 5) is 13.3. The van der Waals surface area contributed by atoms with Gasteiger partial charge < -0.3 is 5.11 Å². The SMILES string of the molecule is O=C(O)C1CCCN1CCCc1cccc2ccccc12. The van der Waals surface area contributed by atoms with Crippen molar-refractivity contribution in [2.24, 2.45) is 0 Å². The van der Waals surface area contributed by atoms with Gasteiger partial charge in [-0.3, -0.25) is 9.69 Å². The van der Waals surface area contributed by atoms with Crippen molar-refractivity contribution < 1.29 is 9.90 Å². The number of nitrogens with zero attached hydrogens (tertiary/aromatic N) is 1. The first-order valence-electron chi connectivity index (χ1n) is 7.69. The average Bonchev–Trinajstić information content (AvgIpc) is 2.96. The third-order valence-corrected chi connectivity index (χ3v) is 4.42. The van der Waals surface area contributed by atoms with E-state index >= 15 is 0 Å². The van der Waals surface area contributed by atoms with Crippen LogP contribution >= 0.6 is 0 Å². The van der Waals surface area contributed by atoms with Crippen LogP contribution in [-0.4, -0.2) is 35.1 Å². The molecule has 3 heteroatoms. The predicted molar refractivity (Wildman–Crippen MR) is 84.5 cm³/mol. The van der Waals surface area contributed by atoms with Gasteiger partial charge in [-0.05, 0) is 55.1 Å². The summed E-state index contributed by atoms with van der Waals surface area (Å²) in [7, 11) is 0. The number of fused-ring (bicyclic) bond motifs is 1. The van der Waals surface area contributed by atoms with Gasteiger partial charge in [-0.15, -0.1) is 0 Å². The van der Waals surface area contributed by atoms with Gasteiger partial charge in [0.25, 0.3) is 0 Å². The molecule has 2 aromatic rings. The Labute approximate surface area is 125 Å². The molecule has 0 aliphatic carbocycles. The standard InChI is InChI=1S/C18H21NO2/c20-18(21)17-11-5-13-19(17)12-4-9-15-8-3-7-14-6-1-2-10-16(14)15/h1-3,6-8,10,17H,4-5,9,11-13H2,(H,20,21). The van der Waals surface area contributed by atoms with Crippen molar-refractivity contribution in [2.45, 2.75) is 31.7 Å². The fraction of sp³-hybridized carbons (Fsp3) is 0.389. The molecule has 110 valence electrons. The summed E-state index contributed by atoms with van der Waals surface area (Å²) in [5.41, 5.74) is 1.36. The highest BCUT2D eigenvalue weighted by atomic mass is 16.4. The molecule has 3 rings (SSSR count). The van der Waals surface area contributed by atoms with Crippen LogP contribution in [0.15, 0.2) is 42.5 Å². The first-order chi connectivity index (χ1) is 10.3. The van der Waals surface area contributed by atoms with Gasteiger partial charge >= 0.3 is 5.97 Å². The molecule has 2 aromatic carbocycles. The van der Waals surface area contributed by atoms with Crippen LogP contribution in [0.4, 0.5) is 0 Å². The number of aryl methyl sites for hydroxylation is 1. The number of rotatable bonds is 5. The molecule has 0 amide bonds. The highest BCUT2D eigenvalue weighted by Crippen LogP contribution is 2.21. The minimum Gasteiger partial charge on any atom is -0.480 e. The van der Waals surface area contributed by atoms with Gasteiger partial charge in [-0.25, -0.2) is 0 Å². The zero-order chi connectivity index (χ0) is 14.7. The van der Waals surface area contributed by atoms with Crippen molar-refractivity contribution in [1.82, 2.24) is 4.90 Å².